The van der Waals surface area contributed by atoms with Gasteiger partial charge in [-0.25, -0.2) is 0 Å². The third-order valence-electron chi connectivity index (χ3n) is 4.71. The number of halogens is 1. The van der Waals surface area contributed by atoms with Crippen molar-refractivity contribution in [2.75, 3.05) is 131 Å². The number of esters is 1. The second-order valence-corrected chi connectivity index (χ2v) is 8.81. The van der Waals surface area contributed by atoms with Crippen LogP contribution in [0.4, 0.5) is 0 Å². The van der Waals surface area contributed by atoms with Crippen molar-refractivity contribution in [3.05, 3.63) is 0 Å². The van der Waals surface area contributed by atoms with Crippen molar-refractivity contribution in [2.24, 2.45) is 0 Å². The largest absolute Gasteiger partial charge is 0.481 e. The molecule has 0 aliphatic rings. The molecule has 1 N–H and O–H groups in total. The van der Waals surface area contributed by atoms with Crippen molar-refractivity contribution in [3.63, 3.8) is 0 Å². The number of hydrogen-bond acceptors (Lipinski definition) is 12. The van der Waals surface area contributed by atoms with Crippen molar-refractivity contribution in [1.29, 1.82) is 0 Å². The number of hydrogen-bond donors (Lipinski definition) is 1. The molecule has 0 saturated carbocycles. The van der Waals surface area contributed by atoms with Gasteiger partial charge in [-0.15, -0.1) is 0 Å². The molecule has 0 radical (unpaired) electrons. The van der Waals surface area contributed by atoms with Gasteiger partial charge in [-0.1, -0.05) is 15.9 Å². The van der Waals surface area contributed by atoms with Crippen LogP contribution in [0.1, 0.15) is 25.7 Å². The minimum atomic E-state index is -0.861. The van der Waals surface area contributed by atoms with E-state index in [0.717, 1.165) is 5.33 Å². The molecule has 14 heteroatoms. The number of aliphatic carboxylic acids is 1. The van der Waals surface area contributed by atoms with Crippen molar-refractivity contribution < 1.29 is 62.1 Å². The topological polar surface area (TPSA) is 147 Å². The highest BCUT2D eigenvalue weighted by molar-refractivity contribution is 9.09. The number of carboxylic acids is 1. The molecule has 40 heavy (non-hydrogen) atoms. The number of rotatable bonds is 34. The third-order valence-corrected chi connectivity index (χ3v) is 5.03. The lowest BCUT2D eigenvalue weighted by Gasteiger charge is -2.09. The van der Waals surface area contributed by atoms with Crippen molar-refractivity contribution >= 4 is 27.9 Å². The van der Waals surface area contributed by atoms with E-state index in [2.05, 4.69) is 15.9 Å². The Morgan fingerprint density at radius 3 is 1.00 bits per heavy atom. The summed E-state index contributed by atoms with van der Waals surface area (Å²) in [6, 6.07) is 0. The molecule has 0 fully saturated rings. The summed E-state index contributed by atoms with van der Waals surface area (Å²) in [6.45, 7) is 9.06. The van der Waals surface area contributed by atoms with E-state index in [1.165, 1.54) is 0 Å². The number of unbranched alkanes of at least 4 members (excludes halogenated alkanes) is 1. The van der Waals surface area contributed by atoms with E-state index in [1.807, 2.05) is 0 Å². The molecule has 0 unspecified atom stereocenters. The lowest BCUT2D eigenvalue weighted by molar-refractivity contribution is -0.146. The molecule has 0 saturated heterocycles. The van der Waals surface area contributed by atoms with Crippen LogP contribution in [0.15, 0.2) is 0 Å². The molecular formula is C26H49BrO13. The quantitative estimate of drug-likeness (QED) is 0.0614. The molecule has 238 valence electrons. The van der Waals surface area contributed by atoms with Crippen LogP contribution in [0.5, 0.6) is 0 Å². The summed E-state index contributed by atoms with van der Waals surface area (Å²) in [5, 5.41) is 9.36. The van der Waals surface area contributed by atoms with Crippen LogP contribution in [-0.4, -0.2) is 148 Å². The Kier molecular flexibility index (Phi) is 33.5. The number of carboxylic acid groups (broad SMARTS) is 1. The average Bonchev–Trinajstić information content (AvgIpc) is 2.94. The molecular weight excluding hydrogens is 600 g/mol. The molecule has 0 atom stereocenters. The molecule has 0 aliphatic heterocycles. The average molecular weight is 650 g/mol. The van der Waals surface area contributed by atoms with Gasteiger partial charge in [0.25, 0.3) is 0 Å². The summed E-state index contributed by atoms with van der Waals surface area (Å²) < 4.78 is 53.5. The minimum Gasteiger partial charge on any atom is -0.481 e. The van der Waals surface area contributed by atoms with Gasteiger partial charge in [0.2, 0.25) is 0 Å². The summed E-state index contributed by atoms with van der Waals surface area (Å²) in [4.78, 5) is 21.8. The van der Waals surface area contributed by atoms with Crippen LogP contribution < -0.4 is 0 Å². The first-order chi connectivity index (χ1) is 19.7. The summed E-state index contributed by atoms with van der Waals surface area (Å²) in [7, 11) is 0. The fourth-order valence-corrected chi connectivity index (χ4v) is 2.98. The fraction of sp³-hybridized carbons (Fsp3) is 0.923. The first kappa shape index (κ1) is 39.1. The minimum absolute atomic E-state index is 0.0628. The first-order valence-electron chi connectivity index (χ1n) is 13.8. The van der Waals surface area contributed by atoms with E-state index < -0.39 is 5.97 Å². The predicted molar refractivity (Wildman–Crippen MR) is 148 cm³/mol. The monoisotopic (exact) mass is 648 g/mol. The van der Waals surface area contributed by atoms with E-state index >= 15 is 0 Å². The number of ether oxygens (including phenoxy) is 10. The van der Waals surface area contributed by atoms with Gasteiger partial charge in [-0.2, -0.15) is 0 Å². The zero-order valence-electron chi connectivity index (χ0n) is 23.7. The van der Waals surface area contributed by atoms with E-state index in [4.69, 9.17) is 52.5 Å². The van der Waals surface area contributed by atoms with Gasteiger partial charge in [-0.3, -0.25) is 9.59 Å². The maximum Gasteiger partial charge on any atom is 0.305 e. The molecule has 13 nitrogen and oxygen atoms in total. The van der Waals surface area contributed by atoms with E-state index in [9.17, 15) is 9.59 Å². The molecule has 0 rings (SSSR count). The SMILES string of the molecule is O=C(O)CCCCC(=O)OCCOCCOCCOCCOCCOCCOCCOCCOCCOCCBr. The van der Waals surface area contributed by atoms with Gasteiger partial charge in [-0.05, 0) is 12.8 Å². The normalized spacial score (nSPS) is 11.2. The van der Waals surface area contributed by atoms with Gasteiger partial charge in [0.05, 0.1) is 119 Å². The standard InChI is InChI=1S/C26H49BrO13/c27-5-6-31-7-8-32-9-10-33-11-12-34-13-14-35-15-16-36-17-18-37-19-20-38-21-22-39-23-24-40-26(30)4-2-1-3-25(28)29/h1-24H2,(H,28,29). The smallest absolute Gasteiger partial charge is 0.305 e. The molecule has 0 aromatic heterocycles. The van der Waals surface area contributed by atoms with Gasteiger partial charge in [0, 0.05) is 18.2 Å². The number of alkyl halides is 1. The second-order valence-electron chi connectivity index (χ2n) is 8.02. The Balaban J connectivity index is 3.09. The Morgan fingerprint density at radius 2 is 0.700 bits per heavy atom. The molecule has 0 aromatic carbocycles. The molecule has 0 bridgehead atoms. The van der Waals surface area contributed by atoms with E-state index in [0.29, 0.717) is 125 Å². The van der Waals surface area contributed by atoms with Gasteiger partial charge < -0.3 is 52.5 Å². The van der Waals surface area contributed by atoms with Gasteiger partial charge in [0.15, 0.2) is 0 Å². The summed E-state index contributed by atoms with van der Waals surface area (Å²) in [5.41, 5.74) is 0. The predicted octanol–water partition coefficient (Wildman–Crippen LogP) is 1.72. The van der Waals surface area contributed by atoms with Gasteiger partial charge in [0.1, 0.15) is 6.61 Å². The van der Waals surface area contributed by atoms with E-state index in [-0.39, 0.29) is 32.0 Å². The summed E-state index contributed by atoms with van der Waals surface area (Å²) in [6.07, 6.45) is 1.25. The highest BCUT2D eigenvalue weighted by atomic mass is 79.9. The Hall–Kier alpha value is -0.940. The molecule has 0 heterocycles. The first-order valence-corrected chi connectivity index (χ1v) is 14.9. The lowest BCUT2D eigenvalue weighted by atomic mass is 10.2. The Bertz CT molecular complexity index is 543. The lowest BCUT2D eigenvalue weighted by Crippen LogP contribution is -2.15. The maximum atomic E-state index is 11.4. The van der Waals surface area contributed by atoms with Crippen LogP contribution in [0.25, 0.3) is 0 Å². The fourth-order valence-electron chi connectivity index (χ4n) is 2.75. The van der Waals surface area contributed by atoms with Crippen LogP contribution in [-0.2, 0) is 57.0 Å². The van der Waals surface area contributed by atoms with Crippen LogP contribution >= 0.6 is 15.9 Å². The van der Waals surface area contributed by atoms with Crippen molar-refractivity contribution in [3.8, 4) is 0 Å². The summed E-state index contributed by atoms with van der Waals surface area (Å²) >= 11 is 3.29. The van der Waals surface area contributed by atoms with Crippen molar-refractivity contribution in [1.82, 2.24) is 0 Å². The van der Waals surface area contributed by atoms with Gasteiger partial charge >= 0.3 is 11.9 Å². The van der Waals surface area contributed by atoms with E-state index in [1.54, 1.807) is 0 Å². The number of carbonyl (C=O) groups is 2. The molecule has 0 aromatic rings. The zero-order valence-corrected chi connectivity index (χ0v) is 25.3. The second kappa shape index (κ2) is 34.3. The molecule has 0 aliphatic carbocycles. The van der Waals surface area contributed by atoms with Crippen LogP contribution in [0.2, 0.25) is 0 Å². The van der Waals surface area contributed by atoms with Crippen LogP contribution in [0, 0.1) is 0 Å². The Labute approximate surface area is 246 Å². The van der Waals surface area contributed by atoms with Crippen molar-refractivity contribution in [2.45, 2.75) is 25.7 Å². The molecule has 0 amide bonds. The number of carbonyl (C=O) groups excluding carboxylic acids is 1. The molecule has 0 spiro atoms. The highest BCUT2D eigenvalue weighted by Gasteiger charge is 2.04. The summed E-state index contributed by atoms with van der Waals surface area (Å²) in [5.74, 6) is -1.21. The maximum absolute atomic E-state index is 11.4. The third kappa shape index (κ3) is 35.1. The zero-order chi connectivity index (χ0) is 29.2. The Morgan fingerprint density at radius 1 is 0.425 bits per heavy atom. The van der Waals surface area contributed by atoms with Crippen LogP contribution in [0.3, 0.4) is 0 Å². The highest BCUT2D eigenvalue weighted by Crippen LogP contribution is 2.01.